The number of benzene rings is 2. The standard InChI is InChI=1S/C16H16F3NO3S/c1-11(12-5-3-7-14(9-12)23-2)20-24(21,22)15-8-4-6-13(10-15)16(17,18)19/h3-11,20H,1-2H3. The summed E-state index contributed by atoms with van der Waals surface area (Å²) in [6.07, 6.45) is -4.61. The molecule has 24 heavy (non-hydrogen) atoms. The van der Waals surface area contributed by atoms with Crippen LogP contribution in [-0.2, 0) is 16.2 Å². The third-order valence-electron chi connectivity index (χ3n) is 3.40. The summed E-state index contributed by atoms with van der Waals surface area (Å²) in [7, 11) is -2.62. The molecule has 2 aromatic rings. The van der Waals surface area contributed by atoms with E-state index in [1.165, 1.54) is 7.11 Å². The van der Waals surface area contributed by atoms with E-state index >= 15 is 0 Å². The highest BCUT2D eigenvalue weighted by atomic mass is 32.2. The Balaban J connectivity index is 2.28. The Morgan fingerprint density at radius 2 is 1.75 bits per heavy atom. The van der Waals surface area contributed by atoms with Crippen molar-refractivity contribution < 1.29 is 26.3 Å². The van der Waals surface area contributed by atoms with Crippen molar-refractivity contribution in [3.63, 3.8) is 0 Å². The first kappa shape index (κ1) is 18.3. The van der Waals surface area contributed by atoms with Crippen LogP contribution in [0.2, 0.25) is 0 Å². The number of sulfonamides is 1. The van der Waals surface area contributed by atoms with Gasteiger partial charge < -0.3 is 4.74 Å². The molecule has 1 N–H and O–H groups in total. The van der Waals surface area contributed by atoms with Crippen molar-refractivity contribution in [2.45, 2.75) is 24.0 Å². The van der Waals surface area contributed by atoms with Gasteiger partial charge in [-0.1, -0.05) is 18.2 Å². The van der Waals surface area contributed by atoms with Crippen molar-refractivity contribution in [3.8, 4) is 5.75 Å². The third kappa shape index (κ3) is 4.27. The lowest BCUT2D eigenvalue weighted by atomic mass is 10.1. The Labute approximate surface area is 138 Å². The fourth-order valence-electron chi connectivity index (χ4n) is 2.12. The van der Waals surface area contributed by atoms with Crippen LogP contribution in [0.25, 0.3) is 0 Å². The number of hydrogen-bond acceptors (Lipinski definition) is 3. The van der Waals surface area contributed by atoms with Crippen molar-refractivity contribution in [1.82, 2.24) is 4.72 Å². The van der Waals surface area contributed by atoms with Crippen molar-refractivity contribution in [2.75, 3.05) is 7.11 Å². The van der Waals surface area contributed by atoms with Gasteiger partial charge in [0, 0.05) is 6.04 Å². The molecule has 1 unspecified atom stereocenters. The molecular formula is C16H16F3NO3S. The second-order valence-electron chi connectivity index (χ2n) is 5.15. The topological polar surface area (TPSA) is 55.4 Å². The molecule has 0 saturated heterocycles. The second kappa shape index (κ2) is 6.82. The molecule has 0 aliphatic rings. The average Bonchev–Trinajstić information content (AvgIpc) is 2.54. The smallest absolute Gasteiger partial charge is 0.416 e. The van der Waals surface area contributed by atoms with E-state index in [4.69, 9.17) is 4.74 Å². The van der Waals surface area contributed by atoms with Crippen LogP contribution in [0.5, 0.6) is 5.75 Å². The number of methoxy groups -OCH3 is 1. The van der Waals surface area contributed by atoms with Gasteiger partial charge >= 0.3 is 6.18 Å². The molecule has 1 atom stereocenters. The van der Waals surface area contributed by atoms with Gasteiger partial charge in [0.15, 0.2) is 0 Å². The van der Waals surface area contributed by atoms with Gasteiger partial charge in [0.05, 0.1) is 17.6 Å². The molecule has 0 radical (unpaired) electrons. The molecule has 0 aliphatic heterocycles. The van der Waals surface area contributed by atoms with Crippen LogP contribution in [0.4, 0.5) is 13.2 Å². The molecule has 0 fully saturated rings. The van der Waals surface area contributed by atoms with Gasteiger partial charge in [-0.05, 0) is 42.8 Å². The van der Waals surface area contributed by atoms with Gasteiger partial charge in [0.1, 0.15) is 5.75 Å². The van der Waals surface area contributed by atoms with E-state index in [-0.39, 0.29) is 0 Å². The monoisotopic (exact) mass is 359 g/mol. The normalized spacial score (nSPS) is 13.5. The summed E-state index contributed by atoms with van der Waals surface area (Å²) in [5.41, 5.74) is -0.385. The molecule has 0 bridgehead atoms. The number of rotatable bonds is 5. The Bertz CT molecular complexity index is 819. The van der Waals surface area contributed by atoms with Crippen molar-refractivity contribution in [2.24, 2.45) is 0 Å². The predicted molar refractivity (Wildman–Crippen MR) is 83.2 cm³/mol. The molecule has 0 saturated carbocycles. The van der Waals surface area contributed by atoms with E-state index in [0.717, 1.165) is 18.2 Å². The van der Waals surface area contributed by atoms with Gasteiger partial charge in [-0.2, -0.15) is 13.2 Å². The van der Waals surface area contributed by atoms with Crippen molar-refractivity contribution >= 4 is 10.0 Å². The van der Waals surface area contributed by atoms with E-state index in [1.54, 1.807) is 31.2 Å². The number of alkyl halides is 3. The maximum absolute atomic E-state index is 12.7. The third-order valence-corrected chi connectivity index (χ3v) is 4.94. The highest BCUT2D eigenvalue weighted by molar-refractivity contribution is 7.89. The molecule has 0 spiro atoms. The van der Waals surface area contributed by atoms with Gasteiger partial charge in [0.25, 0.3) is 0 Å². The second-order valence-corrected chi connectivity index (χ2v) is 6.86. The van der Waals surface area contributed by atoms with Gasteiger partial charge in [-0.3, -0.25) is 0 Å². The van der Waals surface area contributed by atoms with E-state index in [9.17, 15) is 21.6 Å². The molecule has 8 heteroatoms. The van der Waals surface area contributed by atoms with E-state index in [2.05, 4.69) is 4.72 Å². The summed E-state index contributed by atoms with van der Waals surface area (Å²) in [6.45, 7) is 1.60. The average molecular weight is 359 g/mol. The maximum Gasteiger partial charge on any atom is 0.416 e. The Morgan fingerprint density at radius 1 is 1.08 bits per heavy atom. The maximum atomic E-state index is 12.7. The Kier molecular flexibility index (Phi) is 5.19. The number of halogens is 3. The molecule has 4 nitrogen and oxygen atoms in total. The van der Waals surface area contributed by atoms with Crippen molar-refractivity contribution in [1.29, 1.82) is 0 Å². The molecular weight excluding hydrogens is 343 g/mol. The van der Waals surface area contributed by atoms with Crippen LogP contribution in [0, 0.1) is 0 Å². The molecule has 0 amide bonds. The summed E-state index contributed by atoms with van der Waals surface area (Å²) in [6, 6.07) is 9.73. The zero-order chi connectivity index (χ0) is 18.0. The molecule has 130 valence electrons. The van der Waals surface area contributed by atoms with Crippen LogP contribution in [0.15, 0.2) is 53.4 Å². The fourth-order valence-corrected chi connectivity index (χ4v) is 3.40. The van der Waals surface area contributed by atoms with Crippen LogP contribution < -0.4 is 9.46 Å². The SMILES string of the molecule is COc1cccc(C(C)NS(=O)(=O)c2cccc(C(F)(F)F)c2)c1. The minimum absolute atomic E-state index is 0.438. The van der Waals surface area contributed by atoms with E-state index in [0.29, 0.717) is 17.4 Å². The van der Waals surface area contributed by atoms with Gasteiger partial charge in [-0.25, -0.2) is 13.1 Å². The van der Waals surface area contributed by atoms with Gasteiger partial charge in [-0.15, -0.1) is 0 Å². The first-order chi connectivity index (χ1) is 11.1. The number of ether oxygens (including phenoxy) is 1. The highest BCUT2D eigenvalue weighted by Crippen LogP contribution is 2.30. The van der Waals surface area contributed by atoms with E-state index < -0.39 is 32.7 Å². The number of hydrogen-bond donors (Lipinski definition) is 1. The Hall–Kier alpha value is -2.06. The van der Waals surface area contributed by atoms with Crippen LogP contribution in [-0.4, -0.2) is 15.5 Å². The zero-order valence-electron chi connectivity index (χ0n) is 13.0. The summed E-state index contributed by atoms with van der Waals surface area (Å²) in [5.74, 6) is 0.553. The summed E-state index contributed by atoms with van der Waals surface area (Å²) in [4.78, 5) is -0.438. The lowest BCUT2D eigenvalue weighted by Crippen LogP contribution is -2.27. The number of nitrogens with one attached hydrogen (secondary N) is 1. The summed E-state index contributed by atoms with van der Waals surface area (Å²) < 4.78 is 70.3. The molecule has 0 aromatic heterocycles. The largest absolute Gasteiger partial charge is 0.497 e. The first-order valence-electron chi connectivity index (χ1n) is 6.97. The van der Waals surface area contributed by atoms with Crippen molar-refractivity contribution in [3.05, 3.63) is 59.7 Å². The van der Waals surface area contributed by atoms with Gasteiger partial charge in [0.2, 0.25) is 10.0 Å². The van der Waals surface area contributed by atoms with E-state index in [1.807, 2.05) is 0 Å². The minimum Gasteiger partial charge on any atom is -0.497 e. The summed E-state index contributed by atoms with van der Waals surface area (Å²) >= 11 is 0. The van der Waals surface area contributed by atoms with Crippen LogP contribution in [0.3, 0.4) is 0 Å². The van der Waals surface area contributed by atoms with Crippen LogP contribution in [0.1, 0.15) is 24.1 Å². The minimum atomic E-state index is -4.61. The van der Waals surface area contributed by atoms with Crippen LogP contribution >= 0.6 is 0 Å². The molecule has 2 aromatic carbocycles. The highest BCUT2D eigenvalue weighted by Gasteiger charge is 2.31. The predicted octanol–water partition coefficient (Wildman–Crippen LogP) is 3.75. The summed E-state index contributed by atoms with van der Waals surface area (Å²) in [5, 5.41) is 0. The quantitative estimate of drug-likeness (QED) is 0.885. The zero-order valence-corrected chi connectivity index (χ0v) is 13.8. The molecule has 0 heterocycles. The lowest BCUT2D eigenvalue weighted by Gasteiger charge is -2.16. The Morgan fingerprint density at radius 3 is 2.38 bits per heavy atom. The fraction of sp³-hybridized carbons (Fsp3) is 0.250. The molecule has 0 aliphatic carbocycles. The molecule has 2 rings (SSSR count). The lowest BCUT2D eigenvalue weighted by molar-refractivity contribution is -0.137. The first-order valence-corrected chi connectivity index (χ1v) is 8.45.